The topological polar surface area (TPSA) is 43.8 Å². The second kappa shape index (κ2) is 7.20. The number of carbonyl (C=O) groups is 1. The molecule has 1 aromatic carbocycles. The molecule has 0 unspecified atom stereocenters. The lowest BCUT2D eigenvalue weighted by molar-refractivity contribution is 0.0520. The van der Waals surface area contributed by atoms with Crippen LogP contribution in [0.25, 0.3) is 0 Å². The Kier molecular flexibility index (Phi) is 5.56. The molecule has 0 bridgehead atoms. The summed E-state index contributed by atoms with van der Waals surface area (Å²) in [6.45, 7) is 5.02. The monoisotopic (exact) mass is 314 g/mol. The van der Waals surface area contributed by atoms with Gasteiger partial charge in [-0.1, -0.05) is 18.5 Å². The van der Waals surface area contributed by atoms with Gasteiger partial charge in [0.15, 0.2) is 0 Å². The molecule has 116 valence electrons. The second-order valence-corrected chi connectivity index (χ2v) is 5.72. The largest absolute Gasteiger partial charge is 0.392 e. The molecule has 0 saturated carbocycles. The molecule has 1 aliphatic rings. The highest BCUT2D eigenvalue weighted by molar-refractivity contribution is 6.30. The first-order chi connectivity index (χ1) is 10.0. The van der Waals surface area contributed by atoms with E-state index >= 15 is 0 Å². The second-order valence-electron chi connectivity index (χ2n) is 5.28. The maximum absolute atomic E-state index is 13.8. The highest BCUT2D eigenvalue weighted by Crippen LogP contribution is 2.17. The number of nitrogens with zero attached hydrogens (tertiary/aromatic N) is 2. The molecule has 2 rings (SSSR count). The van der Waals surface area contributed by atoms with Gasteiger partial charge >= 0.3 is 0 Å². The zero-order valence-corrected chi connectivity index (χ0v) is 12.8. The molecular weight excluding hydrogens is 295 g/mol. The standard InChI is InChI=1S/C15H20ClFN2O2/c1-2-12(20)10-18-5-7-19(8-6-18)15(21)13-4-3-11(16)9-14(13)17/h3-4,9,12,20H,2,5-8,10H2,1H3/t12-/m0/s1. The number of halogens is 2. The first-order valence-electron chi connectivity index (χ1n) is 7.16. The van der Waals surface area contributed by atoms with Crippen molar-refractivity contribution >= 4 is 17.5 Å². The van der Waals surface area contributed by atoms with Gasteiger partial charge in [-0.2, -0.15) is 0 Å². The van der Waals surface area contributed by atoms with E-state index < -0.39 is 5.82 Å². The van der Waals surface area contributed by atoms with E-state index in [4.69, 9.17) is 11.6 Å². The highest BCUT2D eigenvalue weighted by atomic mass is 35.5. The van der Waals surface area contributed by atoms with Crippen LogP contribution in [-0.2, 0) is 0 Å². The zero-order valence-electron chi connectivity index (χ0n) is 12.1. The summed E-state index contributed by atoms with van der Waals surface area (Å²) in [5.74, 6) is -0.892. The third-order valence-corrected chi connectivity index (χ3v) is 4.00. The minimum Gasteiger partial charge on any atom is -0.392 e. The summed E-state index contributed by atoms with van der Waals surface area (Å²) in [7, 11) is 0. The van der Waals surface area contributed by atoms with Crippen LogP contribution >= 0.6 is 11.6 Å². The molecule has 1 aliphatic heterocycles. The van der Waals surface area contributed by atoms with E-state index in [-0.39, 0.29) is 22.6 Å². The van der Waals surface area contributed by atoms with Crippen molar-refractivity contribution in [2.45, 2.75) is 19.4 Å². The summed E-state index contributed by atoms with van der Waals surface area (Å²) in [6, 6.07) is 4.10. The lowest BCUT2D eigenvalue weighted by Crippen LogP contribution is -2.50. The number of amides is 1. The van der Waals surface area contributed by atoms with Gasteiger partial charge in [-0.25, -0.2) is 4.39 Å². The van der Waals surface area contributed by atoms with Gasteiger partial charge < -0.3 is 10.0 Å². The number of rotatable bonds is 4. The summed E-state index contributed by atoms with van der Waals surface area (Å²) in [5.41, 5.74) is 0.0569. The molecule has 1 aromatic rings. The van der Waals surface area contributed by atoms with Gasteiger partial charge in [0.1, 0.15) is 5.82 Å². The molecule has 0 aliphatic carbocycles. The van der Waals surface area contributed by atoms with Crippen LogP contribution in [0.3, 0.4) is 0 Å². The first-order valence-corrected chi connectivity index (χ1v) is 7.53. The van der Waals surface area contributed by atoms with Crippen molar-refractivity contribution in [1.82, 2.24) is 9.80 Å². The van der Waals surface area contributed by atoms with Gasteiger partial charge in [0, 0.05) is 37.7 Å². The van der Waals surface area contributed by atoms with Crippen LogP contribution in [0, 0.1) is 5.82 Å². The minimum atomic E-state index is -0.587. The van der Waals surface area contributed by atoms with Crippen LogP contribution in [0.15, 0.2) is 18.2 Å². The van der Waals surface area contributed by atoms with Gasteiger partial charge in [-0.15, -0.1) is 0 Å². The van der Waals surface area contributed by atoms with E-state index in [9.17, 15) is 14.3 Å². The molecule has 1 N–H and O–H groups in total. The van der Waals surface area contributed by atoms with Gasteiger partial charge in [0.2, 0.25) is 0 Å². The lowest BCUT2D eigenvalue weighted by atomic mass is 10.1. The van der Waals surface area contributed by atoms with Crippen LogP contribution in [-0.4, -0.2) is 59.6 Å². The van der Waals surface area contributed by atoms with E-state index in [0.29, 0.717) is 32.7 Å². The van der Waals surface area contributed by atoms with Crippen LogP contribution in [0.1, 0.15) is 23.7 Å². The fraction of sp³-hybridized carbons (Fsp3) is 0.533. The van der Waals surface area contributed by atoms with Crippen LogP contribution < -0.4 is 0 Å². The molecule has 0 spiro atoms. The van der Waals surface area contributed by atoms with Gasteiger partial charge in [-0.3, -0.25) is 9.69 Å². The maximum Gasteiger partial charge on any atom is 0.256 e. The van der Waals surface area contributed by atoms with Crippen LogP contribution in [0.4, 0.5) is 4.39 Å². The molecule has 4 nitrogen and oxygen atoms in total. The molecule has 1 amide bonds. The van der Waals surface area contributed by atoms with Crippen LogP contribution in [0.2, 0.25) is 5.02 Å². The van der Waals surface area contributed by atoms with E-state index in [2.05, 4.69) is 4.90 Å². The number of β-amino-alcohol motifs (C(OH)–C–C–N with tert-alkyl or cyclic N) is 1. The molecular formula is C15H20ClFN2O2. The van der Waals surface area contributed by atoms with E-state index in [0.717, 1.165) is 12.5 Å². The average molecular weight is 315 g/mol. The Hall–Kier alpha value is -1.17. The number of benzene rings is 1. The Bertz CT molecular complexity index is 504. The number of hydrogen-bond donors (Lipinski definition) is 1. The lowest BCUT2D eigenvalue weighted by Gasteiger charge is -2.35. The molecule has 0 aromatic heterocycles. The van der Waals surface area contributed by atoms with Gasteiger partial charge in [0.05, 0.1) is 11.7 Å². The normalized spacial score (nSPS) is 17.8. The fourth-order valence-corrected chi connectivity index (χ4v) is 2.55. The summed E-state index contributed by atoms with van der Waals surface area (Å²) < 4.78 is 13.8. The van der Waals surface area contributed by atoms with Gasteiger partial charge in [-0.05, 0) is 24.6 Å². The fourth-order valence-electron chi connectivity index (χ4n) is 2.39. The quantitative estimate of drug-likeness (QED) is 0.924. The smallest absolute Gasteiger partial charge is 0.256 e. The average Bonchev–Trinajstić information content (AvgIpc) is 2.47. The van der Waals surface area contributed by atoms with Crippen molar-refractivity contribution in [2.24, 2.45) is 0 Å². The summed E-state index contributed by atoms with van der Waals surface area (Å²) in [6.07, 6.45) is 0.385. The van der Waals surface area contributed by atoms with Crippen LogP contribution in [0.5, 0.6) is 0 Å². The number of carbonyl (C=O) groups excluding carboxylic acids is 1. The van der Waals surface area contributed by atoms with Crippen molar-refractivity contribution in [3.05, 3.63) is 34.6 Å². The van der Waals surface area contributed by atoms with Gasteiger partial charge in [0.25, 0.3) is 5.91 Å². The molecule has 1 heterocycles. The van der Waals surface area contributed by atoms with Crippen molar-refractivity contribution < 1.29 is 14.3 Å². The molecule has 1 saturated heterocycles. The Morgan fingerprint density at radius 3 is 2.62 bits per heavy atom. The molecule has 1 atom stereocenters. The van der Waals surface area contributed by atoms with Crippen molar-refractivity contribution in [1.29, 1.82) is 0 Å². The number of piperazine rings is 1. The summed E-state index contributed by atoms with van der Waals surface area (Å²) >= 11 is 5.69. The number of aliphatic hydroxyl groups excluding tert-OH is 1. The predicted molar refractivity (Wildman–Crippen MR) is 80.1 cm³/mol. The third-order valence-electron chi connectivity index (χ3n) is 3.76. The van der Waals surface area contributed by atoms with E-state index in [1.807, 2.05) is 6.92 Å². The SMILES string of the molecule is CC[C@H](O)CN1CCN(C(=O)c2ccc(Cl)cc2F)CC1. The Labute approximate surface area is 129 Å². The minimum absolute atomic E-state index is 0.0569. The van der Waals surface area contributed by atoms with E-state index in [1.54, 1.807) is 4.90 Å². The summed E-state index contributed by atoms with van der Waals surface area (Å²) in [4.78, 5) is 16.1. The third kappa shape index (κ3) is 4.15. The Morgan fingerprint density at radius 2 is 2.05 bits per heavy atom. The zero-order chi connectivity index (χ0) is 15.4. The Balaban J connectivity index is 1.94. The molecule has 6 heteroatoms. The molecule has 0 radical (unpaired) electrons. The Morgan fingerprint density at radius 1 is 1.38 bits per heavy atom. The number of aliphatic hydroxyl groups is 1. The van der Waals surface area contributed by atoms with E-state index in [1.165, 1.54) is 12.1 Å². The molecule has 1 fully saturated rings. The molecule has 21 heavy (non-hydrogen) atoms. The maximum atomic E-state index is 13.8. The first kappa shape index (κ1) is 16.2. The van der Waals surface area contributed by atoms with Crippen molar-refractivity contribution in [3.8, 4) is 0 Å². The number of hydrogen-bond acceptors (Lipinski definition) is 3. The predicted octanol–water partition coefficient (Wildman–Crippen LogP) is 2.01. The summed E-state index contributed by atoms with van der Waals surface area (Å²) in [5, 5.41) is 9.92. The highest BCUT2D eigenvalue weighted by Gasteiger charge is 2.24. The van der Waals surface area contributed by atoms with Crippen molar-refractivity contribution in [2.75, 3.05) is 32.7 Å². The van der Waals surface area contributed by atoms with Crippen molar-refractivity contribution in [3.63, 3.8) is 0 Å².